The Kier molecular flexibility index (Phi) is 7.29. The van der Waals surface area contributed by atoms with Crippen LogP contribution in [0.4, 0.5) is 0 Å². The van der Waals surface area contributed by atoms with Gasteiger partial charge in [0.15, 0.2) is 0 Å². The number of para-hydroxylation sites is 2. The molecule has 188 valence electrons. The van der Waals surface area contributed by atoms with Crippen molar-refractivity contribution in [2.24, 2.45) is 4.76 Å². The number of hydrogen-bond acceptors (Lipinski definition) is 4. The summed E-state index contributed by atoms with van der Waals surface area (Å²) in [6.07, 6.45) is 0.511. The summed E-state index contributed by atoms with van der Waals surface area (Å²) in [7, 11) is -2.35. The SMILES string of the molecule is COc1ccc(CN2/C(=N\P(=O)(Oc3ccccc3)Oc3ccccc3)Cc3ccccc3C2C)cc1. The predicted octanol–water partition coefficient (Wildman–Crippen LogP) is 7.48. The predicted molar refractivity (Wildman–Crippen MR) is 146 cm³/mol. The van der Waals surface area contributed by atoms with E-state index in [2.05, 4.69) is 24.0 Å². The summed E-state index contributed by atoms with van der Waals surface area (Å²) in [5.41, 5.74) is 3.45. The summed E-state index contributed by atoms with van der Waals surface area (Å²) in [6, 6.07) is 34.3. The van der Waals surface area contributed by atoms with Crippen LogP contribution in [0.2, 0.25) is 0 Å². The van der Waals surface area contributed by atoms with Crippen LogP contribution in [-0.2, 0) is 17.5 Å². The molecule has 6 nitrogen and oxygen atoms in total. The van der Waals surface area contributed by atoms with Gasteiger partial charge in [0, 0.05) is 13.0 Å². The first-order chi connectivity index (χ1) is 18.0. The molecule has 1 aliphatic rings. The average molecular weight is 513 g/mol. The van der Waals surface area contributed by atoms with Gasteiger partial charge in [-0.05, 0) is 60.0 Å². The van der Waals surface area contributed by atoms with Crippen LogP contribution in [0.3, 0.4) is 0 Å². The van der Waals surface area contributed by atoms with E-state index in [0.29, 0.717) is 30.3 Å². The van der Waals surface area contributed by atoms with E-state index in [1.54, 1.807) is 31.4 Å². The Morgan fingerprint density at radius 1 is 0.784 bits per heavy atom. The lowest BCUT2D eigenvalue weighted by Gasteiger charge is -2.38. The molecule has 4 aromatic rings. The van der Waals surface area contributed by atoms with Crippen molar-refractivity contribution in [3.05, 3.63) is 126 Å². The van der Waals surface area contributed by atoms with Gasteiger partial charge in [-0.15, -0.1) is 4.76 Å². The Bertz CT molecular complexity index is 1360. The molecule has 0 bridgehead atoms. The zero-order valence-electron chi connectivity index (χ0n) is 20.9. The third-order valence-electron chi connectivity index (χ3n) is 6.33. The van der Waals surface area contributed by atoms with Crippen molar-refractivity contribution in [2.45, 2.75) is 25.9 Å². The van der Waals surface area contributed by atoms with Crippen LogP contribution < -0.4 is 13.8 Å². The molecule has 0 spiro atoms. The maximum atomic E-state index is 14.2. The van der Waals surface area contributed by atoms with E-state index in [9.17, 15) is 4.57 Å². The summed E-state index contributed by atoms with van der Waals surface area (Å²) in [5, 5.41) is 0. The van der Waals surface area contributed by atoms with E-state index in [0.717, 1.165) is 16.9 Å². The van der Waals surface area contributed by atoms with Gasteiger partial charge in [-0.1, -0.05) is 72.8 Å². The molecule has 0 aliphatic carbocycles. The number of nitrogens with zero attached hydrogens (tertiary/aromatic N) is 2. The van der Waals surface area contributed by atoms with Gasteiger partial charge in [0.25, 0.3) is 0 Å². The summed E-state index contributed by atoms with van der Waals surface area (Å²) >= 11 is 0. The van der Waals surface area contributed by atoms with E-state index >= 15 is 0 Å². The Balaban J connectivity index is 1.56. The fourth-order valence-corrected chi connectivity index (χ4v) is 5.81. The van der Waals surface area contributed by atoms with E-state index in [-0.39, 0.29) is 6.04 Å². The maximum Gasteiger partial charge on any atom is 0.564 e. The summed E-state index contributed by atoms with van der Waals surface area (Å²) in [6.45, 7) is 2.72. The molecule has 1 aliphatic heterocycles. The smallest absolute Gasteiger partial charge is 0.497 e. The number of amidine groups is 1. The van der Waals surface area contributed by atoms with Crippen LogP contribution in [0.15, 0.2) is 114 Å². The molecular weight excluding hydrogens is 483 g/mol. The van der Waals surface area contributed by atoms with Crippen LogP contribution in [-0.4, -0.2) is 17.8 Å². The molecule has 0 aromatic heterocycles. The molecule has 37 heavy (non-hydrogen) atoms. The zero-order chi connectivity index (χ0) is 25.7. The minimum atomic E-state index is -4.00. The highest BCUT2D eigenvalue weighted by Crippen LogP contribution is 2.51. The minimum absolute atomic E-state index is 0.00713. The number of rotatable bonds is 8. The van der Waals surface area contributed by atoms with E-state index in [1.165, 1.54) is 5.56 Å². The van der Waals surface area contributed by atoms with Crippen LogP contribution in [0.25, 0.3) is 0 Å². The van der Waals surface area contributed by atoms with Gasteiger partial charge >= 0.3 is 7.75 Å². The van der Waals surface area contributed by atoms with Gasteiger partial charge in [0.05, 0.1) is 13.2 Å². The van der Waals surface area contributed by atoms with Gasteiger partial charge in [0.2, 0.25) is 0 Å². The summed E-state index contributed by atoms with van der Waals surface area (Å²) in [4.78, 5) is 2.17. The Hall–Kier alpha value is -4.02. The van der Waals surface area contributed by atoms with Crippen molar-refractivity contribution < 1.29 is 18.3 Å². The van der Waals surface area contributed by atoms with Gasteiger partial charge in [-0.3, -0.25) is 0 Å². The third-order valence-corrected chi connectivity index (χ3v) is 7.69. The Morgan fingerprint density at radius 2 is 1.35 bits per heavy atom. The molecule has 0 fully saturated rings. The van der Waals surface area contributed by atoms with Crippen LogP contribution >= 0.6 is 7.75 Å². The number of methoxy groups -OCH3 is 1. The highest BCUT2D eigenvalue weighted by molar-refractivity contribution is 7.53. The van der Waals surface area contributed by atoms with Crippen molar-refractivity contribution in [1.29, 1.82) is 0 Å². The van der Waals surface area contributed by atoms with Gasteiger partial charge in [0.1, 0.15) is 23.1 Å². The van der Waals surface area contributed by atoms with Crippen LogP contribution in [0, 0.1) is 0 Å². The summed E-state index contributed by atoms with van der Waals surface area (Å²) in [5.74, 6) is 2.30. The van der Waals surface area contributed by atoms with Crippen molar-refractivity contribution in [1.82, 2.24) is 4.90 Å². The Labute approximate surface area is 217 Å². The molecule has 4 aromatic carbocycles. The normalized spacial score (nSPS) is 16.2. The van der Waals surface area contributed by atoms with Crippen molar-refractivity contribution in [3.8, 4) is 17.2 Å². The molecule has 0 amide bonds. The van der Waals surface area contributed by atoms with E-state index in [4.69, 9.17) is 18.5 Å². The summed E-state index contributed by atoms with van der Waals surface area (Å²) < 4.78 is 36.2. The van der Waals surface area contributed by atoms with Gasteiger partial charge in [-0.25, -0.2) is 4.57 Å². The quantitative estimate of drug-likeness (QED) is 0.229. The Morgan fingerprint density at radius 3 is 1.95 bits per heavy atom. The van der Waals surface area contributed by atoms with Crippen molar-refractivity contribution in [2.75, 3.05) is 7.11 Å². The molecule has 7 heteroatoms. The average Bonchev–Trinajstić information content (AvgIpc) is 2.92. The van der Waals surface area contributed by atoms with Crippen molar-refractivity contribution >= 4 is 13.6 Å². The number of fused-ring (bicyclic) bond motifs is 1. The lowest BCUT2D eigenvalue weighted by molar-refractivity contribution is 0.311. The maximum absolute atomic E-state index is 14.2. The molecule has 0 saturated carbocycles. The lowest BCUT2D eigenvalue weighted by Crippen LogP contribution is -2.39. The molecule has 1 heterocycles. The van der Waals surface area contributed by atoms with Crippen LogP contribution in [0.5, 0.6) is 17.2 Å². The largest absolute Gasteiger partial charge is 0.564 e. The molecular formula is C30H29N2O4P. The van der Waals surface area contributed by atoms with Crippen LogP contribution in [0.1, 0.15) is 29.7 Å². The molecule has 5 rings (SSSR count). The first-order valence-electron chi connectivity index (χ1n) is 12.2. The minimum Gasteiger partial charge on any atom is -0.497 e. The third kappa shape index (κ3) is 5.87. The van der Waals surface area contributed by atoms with E-state index < -0.39 is 7.75 Å². The molecule has 0 N–H and O–H groups in total. The molecule has 0 saturated heterocycles. The topological polar surface area (TPSA) is 60.4 Å². The first kappa shape index (κ1) is 24.7. The van der Waals surface area contributed by atoms with Crippen molar-refractivity contribution in [3.63, 3.8) is 0 Å². The molecule has 1 atom stereocenters. The molecule has 1 unspecified atom stereocenters. The number of ether oxygens (including phenoxy) is 1. The van der Waals surface area contributed by atoms with Gasteiger partial charge in [-0.2, -0.15) is 0 Å². The highest BCUT2D eigenvalue weighted by atomic mass is 31.2. The first-order valence-corrected chi connectivity index (χ1v) is 13.7. The number of hydrogen-bond donors (Lipinski definition) is 0. The van der Waals surface area contributed by atoms with Gasteiger partial charge < -0.3 is 18.7 Å². The second kappa shape index (κ2) is 10.9. The second-order valence-corrected chi connectivity index (χ2v) is 10.3. The molecule has 0 radical (unpaired) electrons. The second-order valence-electron chi connectivity index (χ2n) is 8.82. The highest BCUT2D eigenvalue weighted by Gasteiger charge is 2.34. The zero-order valence-corrected chi connectivity index (χ0v) is 21.8. The lowest BCUT2D eigenvalue weighted by atomic mass is 9.92. The standard InChI is InChI=1S/C30H29N2O4P/c1-23-29-16-10-9-11-25(29)21-30(32(23)22-24-17-19-26(34-2)20-18-24)31-37(33,35-27-12-5-3-6-13-27)36-28-14-7-4-8-15-28/h3-20,23H,21-22H2,1-2H3/b31-30-. The van der Waals surface area contributed by atoms with E-state index in [1.807, 2.05) is 72.8 Å². The monoisotopic (exact) mass is 512 g/mol. The number of benzene rings is 4. The fourth-order valence-electron chi connectivity index (χ4n) is 4.44. The fraction of sp³-hybridized carbons (Fsp3) is 0.167.